The fourth-order valence-corrected chi connectivity index (χ4v) is 6.31. The molecule has 0 spiro atoms. The first-order valence-corrected chi connectivity index (χ1v) is 9.33. The molecule has 4 rings (SSSR count). The normalized spacial score (nSPS) is 47.5. The van der Waals surface area contributed by atoms with Crippen molar-refractivity contribution in [2.75, 3.05) is 0 Å². The molecular formula is C20H26N2O2. The van der Waals surface area contributed by atoms with Crippen molar-refractivity contribution in [3.8, 4) is 6.07 Å². The van der Waals surface area contributed by atoms with Crippen LogP contribution in [0.1, 0.15) is 58.8 Å². The fraction of sp³-hybridized carbons (Fsp3) is 0.750. The van der Waals surface area contributed by atoms with Crippen LogP contribution in [0.2, 0.25) is 0 Å². The molecule has 4 aliphatic rings. The van der Waals surface area contributed by atoms with E-state index in [9.17, 15) is 14.9 Å². The molecule has 3 aliphatic carbocycles. The second-order valence-corrected chi connectivity index (χ2v) is 8.83. The summed E-state index contributed by atoms with van der Waals surface area (Å²) in [6.45, 7) is 4.53. The van der Waals surface area contributed by atoms with E-state index in [1.807, 2.05) is 6.08 Å². The molecule has 1 saturated heterocycles. The van der Waals surface area contributed by atoms with Crippen LogP contribution in [0.5, 0.6) is 0 Å². The van der Waals surface area contributed by atoms with Crippen LogP contribution >= 0.6 is 0 Å². The van der Waals surface area contributed by atoms with Crippen molar-refractivity contribution >= 4 is 11.7 Å². The molecule has 24 heavy (non-hydrogen) atoms. The van der Waals surface area contributed by atoms with Gasteiger partial charge in [-0.2, -0.15) is 5.26 Å². The van der Waals surface area contributed by atoms with Gasteiger partial charge in [-0.25, -0.2) is 0 Å². The summed E-state index contributed by atoms with van der Waals surface area (Å²) < 4.78 is 0. The van der Waals surface area contributed by atoms with Gasteiger partial charge in [0.15, 0.2) is 5.78 Å². The van der Waals surface area contributed by atoms with Gasteiger partial charge in [0.2, 0.25) is 5.91 Å². The lowest BCUT2D eigenvalue weighted by molar-refractivity contribution is -0.136. The van der Waals surface area contributed by atoms with Gasteiger partial charge in [0.1, 0.15) is 5.92 Å². The van der Waals surface area contributed by atoms with Crippen molar-refractivity contribution in [1.29, 1.82) is 5.26 Å². The SMILES string of the molecule is C[C@@]12CC[C@H]3[C@H](CCC4=CC(=O)CC[C@@]43C)[C@H]1C[C@H](C#N)C(=O)N2. The van der Waals surface area contributed by atoms with Crippen LogP contribution in [0.15, 0.2) is 11.6 Å². The van der Waals surface area contributed by atoms with Gasteiger partial charge in [-0.15, -0.1) is 0 Å². The first-order valence-electron chi connectivity index (χ1n) is 9.33. The monoisotopic (exact) mass is 326 g/mol. The summed E-state index contributed by atoms with van der Waals surface area (Å²) in [6, 6.07) is 2.20. The number of carbonyl (C=O) groups is 2. The maximum Gasteiger partial charge on any atom is 0.237 e. The maximum absolute atomic E-state index is 12.2. The van der Waals surface area contributed by atoms with Crippen molar-refractivity contribution in [2.24, 2.45) is 29.1 Å². The number of rotatable bonds is 0. The third-order valence-corrected chi connectivity index (χ3v) is 7.72. The number of piperidine rings is 1. The van der Waals surface area contributed by atoms with E-state index in [2.05, 4.69) is 25.2 Å². The highest BCUT2D eigenvalue weighted by Crippen LogP contribution is 2.61. The summed E-state index contributed by atoms with van der Waals surface area (Å²) >= 11 is 0. The second-order valence-electron chi connectivity index (χ2n) is 8.83. The van der Waals surface area contributed by atoms with Crippen molar-refractivity contribution < 1.29 is 9.59 Å². The zero-order chi connectivity index (χ0) is 17.1. The Morgan fingerprint density at radius 1 is 1.17 bits per heavy atom. The predicted molar refractivity (Wildman–Crippen MR) is 89.6 cm³/mol. The summed E-state index contributed by atoms with van der Waals surface area (Å²) in [5, 5.41) is 12.5. The molecule has 3 fully saturated rings. The molecule has 0 radical (unpaired) electrons. The van der Waals surface area contributed by atoms with E-state index in [0.29, 0.717) is 30.6 Å². The molecule has 1 amide bonds. The lowest BCUT2D eigenvalue weighted by Gasteiger charge is -2.60. The minimum absolute atomic E-state index is 0.0828. The first kappa shape index (κ1) is 15.9. The first-order chi connectivity index (χ1) is 11.4. The molecule has 1 aliphatic heterocycles. The average Bonchev–Trinajstić information content (AvgIpc) is 2.54. The lowest BCUT2D eigenvalue weighted by atomic mass is 9.47. The Labute approximate surface area is 143 Å². The van der Waals surface area contributed by atoms with E-state index >= 15 is 0 Å². The summed E-state index contributed by atoms with van der Waals surface area (Å²) in [7, 11) is 0. The van der Waals surface area contributed by atoms with E-state index in [-0.39, 0.29) is 22.6 Å². The van der Waals surface area contributed by atoms with Crippen LogP contribution in [-0.4, -0.2) is 17.2 Å². The Kier molecular flexibility index (Phi) is 3.43. The highest BCUT2D eigenvalue weighted by Gasteiger charge is 2.57. The van der Waals surface area contributed by atoms with E-state index in [4.69, 9.17) is 0 Å². The molecule has 0 aromatic carbocycles. The van der Waals surface area contributed by atoms with Gasteiger partial charge in [-0.1, -0.05) is 12.5 Å². The smallest absolute Gasteiger partial charge is 0.237 e. The summed E-state index contributed by atoms with van der Waals surface area (Å²) in [4.78, 5) is 24.0. The van der Waals surface area contributed by atoms with Gasteiger partial charge in [-0.05, 0) is 74.7 Å². The maximum atomic E-state index is 12.2. The number of hydrogen-bond acceptors (Lipinski definition) is 3. The van der Waals surface area contributed by atoms with Gasteiger partial charge in [-0.3, -0.25) is 9.59 Å². The van der Waals surface area contributed by atoms with Crippen molar-refractivity contribution in [3.63, 3.8) is 0 Å². The number of nitrogens with one attached hydrogen (secondary N) is 1. The van der Waals surface area contributed by atoms with E-state index in [0.717, 1.165) is 32.1 Å². The summed E-state index contributed by atoms with van der Waals surface area (Å²) in [6.07, 6.45) is 8.45. The number of nitriles is 1. The largest absolute Gasteiger partial charge is 0.350 e. The Morgan fingerprint density at radius 2 is 1.96 bits per heavy atom. The van der Waals surface area contributed by atoms with Crippen molar-refractivity contribution in [3.05, 3.63) is 11.6 Å². The Hall–Kier alpha value is -1.63. The number of hydrogen-bond donors (Lipinski definition) is 1. The van der Waals surface area contributed by atoms with Gasteiger partial charge in [0, 0.05) is 12.0 Å². The van der Waals surface area contributed by atoms with Crippen molar-refractivity contribution in [1.82, 2.24) is 5.32 Å². The third-order valence-electron chi connectivity index (χ3n) is 7.72. The summed E-state index contributed by atoms with van der Waals surface area (Å²) in [5.74, 6) is 1.22. The predicted octanol–water partition coefficient (Wildman–Crippen LogP) is 3.14. The van der Waals surface area contributed by atoms with Crippen LogP contribution in [0.25, 0.3) is 0 Å². The molecule has 128 valence electrons. The fourth-order valence-electron chi connectivity index (χ4n) is 6.31. The highest BCUT2D eigenvalue weighted by atomic mass is 16.2. The number of amides is 1. The van der Waals surface area contributed by atoms with Gasteiger partial charge in [0.05, 0.1) is 6.07 Å². The molecular weight excluding hydrogens is 300 g/mol. The molecule has 0 unspecified atom stereocenters. The molecule has 4 heteroatoms. The van der Waals surface area contributed by atoms with Gasteiger partial charge >= 0.3 is 0 Å². The number of carbonyl (C=O) groups excluding carboxylic acids is 2. The van der Waals surface area contributed by atoms with Crippen LogP contribution in [0.4, 0.5) is 0 Å². The second kappa shape index (κ2) is 5.18. The standard InChI is InChI=1S/C20H26N2O2/c1-19-7-5-14(23)10-13(19)3-4-15-16(19)6-8-20(2)17(15)9-12(11-21)18(24)22-20/h10,12,15-17H,3-9H2,1-2H3,(H,22,24)/t12-,15+,16+,17-,19+,20-/m1/s1. The number of nitrogens with zero attached hydrogens (tertiary/aromatic N) is 1. The third kappa shape index (κ3) is 2.10. The molecule has 1 N–H and O–H groups in total. The van der Waals surface area contributed by atoms with E-state index in [1.54, 1.807) is 0 Å². The van der Waals surface area contributed by atoms with Crippen LogP contribution in [-0.2, 0) is 9.59 Å². The molecule has 2 saturated carbocycles. The molecule has 0 bridgehead atoms. The molecule has 1 heterocycles. The van der Waals surface area contributed by atoms with Crippen LogP contribution < -0.4 is 5.32 Å². The average molecular weight is 326 g/mol. The summed E-state index contributed by atoms with van der Waals surface area (Å²) in [5.41, 5.74) is 1.34. The number of fused-ring (bicyclic) bond motifs is 5. The number of allylic oxidation sites excluding steroid dienone is 2. The van der Waals surface area contributed by atoms with Crippen LogP contribution in [0.3, 0.4) is 0 Å². The Morgan fingerprint density at radius 3 is 2.71 bits per heavy atom. The Bertz CT molecular complexity index is 676. The zero-order valence-electron chi connectivity index (χ0n) is 14.6. The van der Waals surface area contributed by atoms with Crippen molar-refractivity contribution in [2.45, 2.75) is 64.3 Å². The minimum atomic E-state index is -0.500. The van der Waals surface area contributed by atoms with Gasteiger partial charge < -0.3 is 5.32 Å². The lowest BCUT2D eigenvalue weighted by Crippen LogP contribution is -2.64. The topological polar surface area (TPSA) is 70.0 Å². The van der Waals surface area contributed by atoms with Crippen LogP contribution in [0, 0.1) is 40.4 Å². The van der Waals surface area contributed by atoms with E-state index in [1.165, 1.54) is 5.57 Å². The zero-order valence-corrected chi connectivity index (χ0v) is 14.6. The number of ketones is 1. The Balaban J connectivity index is 1.68. The van der Waals surface area contributed by atoms with Gasteiger partial charge in [0.25, 0.3) is 0 Å². The molecule has 0 aromatic heterocycles. The minimum Gasteiger partial charge on any atom is -0.350 e. The molecule has 0 aromatic rings. The quantitative estimate of drug-likeness (QED) is 0.743. The molecule has 4 nitrogen and oxygen atoms in total. The highest BCUT2D eigenvalue weighted by molar-refractivity contribution is 5.91. The molecule has 6 atom stereocenters. The van der Waals surface area contributed by atoms with E-state index < -0.39 is 5.92 Å².